The van der Waals surface area contributed by atoms with Crippen LogP contribution in [0.5, 0.6) is 0 Å². The summed E-state index contributed by atoms with van der Waals surface area (Å²) in [6, 6.07) is 0. The van der Waals surface area contributed by atoms with Gasteiger partial charge in [0, 0.05) is 11.3 Å². The Morgan fingerprint density at radius 3 is 2.65 bits per heavy atom. The molecule has 0 aromatic carbocycles. The molecule has 0 aromatic heterocycles. The van der Waals surface area contributed by atoms with Crippen LogP contribution in [0, 0.1) is 16.7 Å². The highest BCUT2D eigenvalue weighted by Gasteiger charge is 2.83. The number of aliphatic hydroxyl groups excluding tert-OH is 2. The van der Waals surface area contributed by atoms with Crippen molar-refractivity contribution in [1.29, 1.82) is 0 Å². The van der Waals surface area contributed by atoms with Crippen molar-refractivity contribution in [2.75, 3.05) is 13.2 Å². The number of ether oxygens (including phenoxy) is 2. The average molecular weight is 322 g/mol. The molecule has 2 N–H and O–H groups in total. The smallest absolute Gasteiger partial charge is 0.187 e. The summed E-state index contributed by atoms with van der Waals surface area (Å²) in [6.07, 6.45) is -0.219. The van der Waals surface area contributed by atoms with Gasteiger partial charge in [-0.1, -0.05) is 6.92 Å². The first-order chi connectivity index (χ1) is 10.7. The summed E-state index contributed by atoms with van der Waals surface area (Å²) in [5, 5.41) is 21.1. The number of hydrogen-bond donors (Lipinski definition) is 2. The van der Waals surface area contributed by atoms with E-state index in [2.05, 4.69) is 0 Å². The third-order valence-corrected chi connectivity index (χ3v) is 6.98. The maximum Gasteiger partial charge on any atom is 0.187 e. The van der Waals surface area contributed by atoms with Crippen molar-refractivity contribution < 1.29 is 29.3 Å². The minimum absolute atomic E-state index is 0.0156. The van der Waals surface area contributed by atoms with Gasteiger partial charge in [0.2, 0.25) is 0 Å². The topological polar surface area (TPSA) is 96.4 Å². The van der Waals surface area contributed by atoms with Crippen LogP contribution in [-0.2, 0) is 19.1 Å². The highest BCUT2D eigenvalue weighted by atomic mass is 16.6. The predicted octanol–water partition coefficient (Wildman–Crippen LogP) is 0.00660. The van der Waals surface area contributed by atoms with Crippen LogP contribution < -0.4 is 0 Å². The van der Waals surface area contributed by atoms with Gasteiger partial charge >= 0.3 is 0 Å². The van der Waals surface area contributed by atoms with Crippen LogP contribution in [0.4, 0.5) is 0 Å². The van der Waals surface area contributed by atoms with E-state index in [1.165, 1.54) is 6.92 Å². The van der Waals surface area contributed by atoms with E-state index < -0.39 is 35.2 Å². The van der Waals surface area contributed by atoms with Crippen LogP contribution >= 0.6 is 0 Å². The predicted molar refractivity (Wildman–Crippen MR) is 78.5 cm³/mol. The van der Waals surface area contributed by atoms with E-state index in [4.69, 9.17) is 9.47 Å². The van der Waals surface area contributed by atoms with Crippen LogP contribution in [0.3, 0.4) is 0 Å². The van der Waals surface area contributed by atoms with E-state index in [9.17, 15) is 19.8 Å². The largest absolute Gasteiger partial charge is 0.396 e. The van der Waals surface area contributed by atoms with Crippen molar-refractivity contribution in [2.24, 2.45) is 16.7 Å². The second kappa shape index (κ2) is 4.30. The molecule has 7 unspecified atom stereocenters. The number of aliphatic hydroxyl groups is 2. The Balaban J connectivity index is 1.93. The fraction of sp³-hybridized carbons (Fsp3) is 0.765. The lowest BCUT2D eigenvalue weighted by atomic mass is 9.50. The third-order valence-electron chi connectivity index (χ3n) is 6.98. The summed E-state index contributed by atoms with van der Waals surface area (Å²) in [7, 11) is 0. The molecule has 2 aliphatic heterocycles. The van der Waals surface area contributed by atoms with Gasteiger partial charge in [-0.3, -0.25) is 9.59 Å². The average Bonchev–Trinajstić information content (AvgIpc) is 3.26. The van der Waals surface area contributed by atoms with Crippen molar-refractivity contribution in [2.45, 2.75) is 51.1 Å². The maximum atomic E-state index is 12.4. The minimum atomic E-state index is -1.36. The molecule has 0 radical (unpaired) electrons. The Hall–Kier alpha value is -1.08. The molecule has 7 atom stereocenters. The highest BCUT2D eigenvalue weighted by Crippen LogP contribution is 2.72. The number of carbonyl (C=O) groups excluding carboxylic acids is 2. The van der Waals surface area contributed by atoms with Gasteiger partial charge in [-0.05, 0) is 31.9 Å². The summed E-state index contributed by atoms with van der Waals surface area (Å²) in [6.45, 7) is 5.13. The lowest BCUT2D eigenvalue weighted by Gasteiger charge is -2.58. The molecule has 6 nitrogen and oxygen atoms in total. The summed E-state index contributed by atoms with van der Waals surface area (Å²) in [5.41, 5.74) is -2.14. The zero-order valence-electron chi connectivity index (χ0n) is 13.5. The molecule has 4 rings (SSSR count). The first-order valence-corrected chi connectivity index (χ1v) is 8.06. The number of epoxide rings is 1. The van der Waals surface area contributed by atoms with Gasteiger partial charge < -0.3 is 19.7 Å². The van der Waals surface area contributed by atoms with Gasteiger partial charge in [-0.25, -0.2) is 0 Å². The SMILES string of the molecule is CC(=O)C1CC2(C)C3(CO3)C1OC1C=C(C)C(=O)C(O)C12CO. The van der Waals surface area contributed by atoms with Crippen LogP contribution in [0.15, 0.2) is 11.6 Å². The molecule has 0 amide bonds. The van der Waals surface area contributed by atoms with Gasteiger partial charge in [-0.15, -0.1) is 0 Å². The number of hydrogen-bond acceptors (Lipinski definition) is 6. The number of Topliss-reactive ketones (excluding diaryl/α,β-unsaturated/α-hetero) is 2. The van der Waals surface area contributed by atoms with Gasteiger partial charge in [0.1, 0.15) is 17.5 Å². The van der Waals surface area contributed by atoms with Crippen LogP contribution in [0.2, 0.25) is 0 Å². The lowest BCUT2D eigenvalue weighted by molar-refractivity contribution is -0.242. The summed E-state index contributed by atoms with van der Waals surface area (Å²) >= 11 is 0. The molecule has 23 heavy (non-hydrogen) atoms. The van der Waals surface area contributed by atoms with Gasteiger partial charge in [-0.2, -0.15) is 0 Å². The van der Waals surface area contributed by atoms with E-state index in [1.807, 2.05) is 6.92 Å². The molecule has 126 valence electrons. The molecule has 6 heteroatoms. The first-order valence-electron chi connectivity index (χ1n) is 8.06. The fourth-order valence-corrected chi connectivity index (χ4v) is 5.41. The summed E-state index contributed by atoms with van der Waals surface area (Å²) < 4.78 is 11.9. The molecule has 4 aliphatic rings. The Bertz CT molecular complexity index is 635. The first kappa shape index (κ1) is 15.4. The standard InChI is InChI=1S/C17H22O6/c1-8-4-11-16(6-18,13(21)12(8)20)15(3)5-10(9(2)19)14(23-11)17(15)7-22-17/h4,10-11,13-14,18,21H,5-7H2,1-3H3. The number of carbonyl (C=O) groups is 2. The maximum absolute atomic E-state index is 12.4. The molecule has 2 bridgehead atoms. The summed E-state index contributed by atoms with van der Waals surface area (Å²) in [4.78, 5) is 24.5. The number of rotatable bonds is 2. The Kier molecular flexibility index (Phi) is 2.89. The number of fused-ring (bicyclic) bond motifs is 2. The minimum Gasteiger partial charge on any atom is -0.396 e. The second-order valence-electron chi connectivity index (χ2n) is 7.72. The monoisotopic (exact) mass is 322 g/mol. The fourth-order valence-electron chi connectivity index (χ4n) is 5.41. The Labute approximate surface area is 134 Å². The molecular weight excluding hydrogens is 300 g/mol. The van der Waals surface area contributed by atoms with Gasteiger partial charge in [0.25, 0.3) is 0 Å². The Morgan fingerprint density at radius 2 is 2.13 bits per heavy atom. The third kappa shape index (κ3) is 1.45. The molecular formula is C17H22O6. The van der Waals surface area contributed by atoms with Crippen molar-refractivity contribution >= 4 is 11.6 Å². The van der Waals surface area contributed by atoms with E-state index in [0.717, 1.165) is 0 Å². The zero-order valence-corrected chi connectivity index (χ0v) is 13.5. The highest BCUT2D eigenvalue weighted by molar-refractivity contribution is 6.00. The van der Waals surface area contributed by atoms with Crippen molar-refractivity contribution in [3.63, 3.8) is 0 Å². The molecule has 0 aromatic rings. The quantitative estimate of drug-likeness (QED) is 0.695. The number of ketones is 2. The Morgan fingerprint density at radius 1 is 1.48 bits per heavy atom. The molecule has 1 saturated carbocycles. The zero-order chi connectivity index (χ0) is 16.8. The van der Waals surface area contributed by atoms with E-state index in [1.54, 1.807) is 13.0 Å². The van der Waals surface area contributed by atoms with Crippen LogP contribution in [-0.4, -0.2) is 58.9 Å². The second-order valence-corrected chi connectivity index (χ2v) is 7.72. The lowest BCUT2D eigenvalue weighted by Crippen LogP contribution is -2.70. The molecule has 3 fully saturated rings. The van der Waals surface area contributed by atoms with E-state index in [-0.39, 0.29) is 23.6 Å². The van der Waals surface area contributed by atoms with Crippen LogP contribution in [0.25, 0.3) is 0 Å². The van der Waals surface area contributed by atoms with Crippen molar-refractivity contribution in [1.82, 2.24) is 0 Å². The normalized spacial score (nSPS) is 54.0. The molecule has 1 spiro atoms. The van der Waals surface area contributed by atoms with Crippen molar-refractivity contribution in [3.05, 3.63) is 11.6 Å². The van der Waals surface area contributed by atoms with E-state index in [0.29, 0.717) is 18.6 Å². The molecule has 2 aliphatic carbocycles. The van der Waals surface area contributed by atoms with Crippen LogP contribution in [0.1, 0.15) is 27.2 Å². The summed E-state index contributed by atoms with van der Waals surface area (Å²) in [5.74, 6) is -0.713. The van der Waals surface area contributed by atoms with Gasteiger partial charge in [0.15, 0.2) is 5.78 Å². The van der Waals surface area contributed by atoms with E-state index >= 15 is 0 Å². The van der Waals surface area contributed by atoms with Crippen molar-refractivity contribution in [3.8, 4) is 0 Å². The van der Waals surface area contributed by atoms with Gasteiger partial charge in [0.05, 0.1) is 30.8 Å². The molecule has 2 saturated heterocycles. The molecule has 2 heterocycles.